The van der Waals surface area contributed by atoms with Crippen molar-refractivity contribution < 1.29 is 4.79 Å². The zero-order valence-corrected chi connectivity index (χ0v) is 16.6. The molecule has 0 aromatic heterocycles. The van der Waals surface area contributed by atoms with E-state index in [1.54, 1.807) is 0 Å². The number of nitrogens with one attached hydrogen (secondary N) is 1. The van der Waals surface area contributed by atoms with E-state index in [0.717, 1.165) is 32.5 Å². The summed E-state index contributed by atoms with van der Waals surface area (Å²) in [5.41, 5.74) is 2.53. The largest absolute Gasteiger partial charge is 0.352 e. The van der Waals surface area contributed by atoms with Gasteiger partial charge in [-0.2, -0.15) is 0 Å². The van der Waals surface area contributed by atoms with Crippen LogP contribution in [0.2, 0.25) is 0 Å². The van der Waals surface area contributed by atoms with Gasteiger partial charge in [0, 0.05) is 25.0 Å². The van der Waals surface area contributed by atoms with E-state index in [9.17, 15) is 4.79 Å². The molecule has 1 aromatic carbocycles. The summed E-state index contributed by atoms with van der Waals surface area (Å²) in [6.07, 6.45) is 11.2. The van der Waals surface area contributed by atoms with Crippen LogP contribution < -0.4 is 5.32 Å². The second-order valence-corrected chi connectivity index (χ2v) is 8.10. The smallest absolute Gasteiger partial charge is 0.223 e. The number of nitrogens with zero attached hydrogens (tertiary/aromatic N) is 2. The first-order valence-corrected chi connectivity index (χ1v) is 10.4. The van der Waals surface area contributed by atoms with Crippen LogP contribution in [0.3, 0.4) is 0 Å². The molecule has 0 radical (unpaired) electrons. The number of amides is 1. The number of carbonyl (C=O) groups is 1. The van der Waals surface area contributed by atoms with Crippen LogP contribution in [0.4, 0.5) is 0 Å². The van der Waals surface area contributed by atoms with E-state index in [2.05, 4.69) is 52.2 Å². The minimum atomic E-state index is 0.124. The van der Waals surface area contributed by atoms with Gasteiger partial charge in [0.2, 0.25) is 5.91 Å². The van der Waals surface area contributed by atoms with Crippen molar-refractivity contribution in [3.63, 3.8) is 0 Å². The Labute approximate surface area is 164 Å². The molecule has 4 heteroatoms. The Morgan fingerprint density at radius 1 is 1.11 bits per heavy atom. The number of rotatable bonds is 6. The van der Waals surface area contributed by atoms with Crippen LogP contribution in [-0.2, 0) is 17.9 Å². The SMILES string of the molecule is C#CCN1CCC(C(=O)NCc2ccc(CN3CCCCC3C)cc2)CC1. The van der Waals surface area contributed by atoms with Gasteiger partial charge in [-0.25, -0.2) is 0 Å². The monoisotopic (exact) mass is 367 g/mol. The number of terminal acetylenes is 1. The molecular weight excluding hydrogens is 334 g/mol. The molecule has 0 saturated carbocycles. The first-order chi connectivity index (χ1) is 13.2. The van der Waals surface area contributed by atoms with Crippen molar-refractivity contribution in [2.75, 3.05) is 26.2 Å². The third kappa shape index (κ3) is 5.82. The molecule has 3 rings (SSSR count). The molecule has 2 aliphatic rings. The van der Waals surface area contributed by atoms with Crippen molar-refractivity contribution in [1.82, 2.24) is 15.1 Å². The summed E-state index contributed by atoms with van der Waals surface area (Å²) in [5, 5.41) is 3.12. The van der Waals surface area contributed by atoms with Crippen molar-refractivity contribution >= 4 is 5.91 Å². The Hall–Kier alpha value is -1.83. The third-order valence-corrected chi connectivity index (χ3v) is 6.09. The van der Waals surface area contributed by atoms with E-state index in [1.165, 1.54) is 36.9 Å². The summed E-state index contributed by atoms with van der Waals surface area (Å²) in [7, 11) is 0. The number of piperidine rings is 2. The summed E-state index contributed by atoms with van der Waals surface area (Å²) in [6.45, 7) is 7.72. The zero-order chi connectivity index (χ0) is 19.1. The highest BCUT2D eigenvalue weighted by molar-refractivity contribution is 5.78. The van der Waals surface area contributed by atoms with E-state index >= 15 is 0 Å². The molecule has 0 aliphatic carbocycles. The van der Waals surface area contributed by atoms with Gasteiger partial charge < -0.3 is 5.32 Å². The lowest BCUT2D eigenvalue weighted by Gasteiger charge is -2.33. The minimum Gasteiger partial charge on any atom is -0.352 e. The maximum atomic E-state index is 12.4. The predicted octanol–water partition coefficient (Wildman–Crippen LogP) is 3.02. The molecule has 1 atom stereocenters. The summed E-state index contributed by atoms with van der Waals surface area (Å²) < 4.78 is 0. The van der Waals surface area contributed by atoms with Crippen LogP contribution >= 0.6 is 0 Å². The fourth-order valence-electron chi connectivity index (χ4n) is 4.21. The third-order valence-electron chi connectivity index (χ3n) is 6.09. The lowest BCUT2D eigenvalue weighted by atomic mass is 9.96. The number of hydrogen-bond acceptors (Lipinski definition) is 3. The second kappa shape index (κ2) is 9.92. The molecule has 2 saturated heterocycles. The Balaban J connectivity index is 1.42. The average molecular weight is 368 g/mol. The van der Waals surface area contributed by atoms with E-state index in [-0.39, 0.29) is 11.8 Å². The van der Waals surface area contributed by atoms with Crippen LogP contribution in [0.1, 0.15) is 50.2 Å². The van der Waals surface area contributed by atoms with Crippen molar-refractivity contribution in [2.24, 2.45) is 5.92 Å². The number of hydrogen-bond donors (Lipinski definition) is 1. The summed E-state index contributed by atoms with van der Waals surface area (Å²) in [4.78, 5) is 17.2. The minimum absolute atomic E-state index is 0.124. The molecule has 2 heterocycles. The molecule has 1 N–H and O–H groups in total. The van der Waals surface area contributed by atoms with Crippen molar-refractivity contribution in [3.8, 4) is 12.3 Å². The maximum Gasteiger partial charge on any atom is 0.223 e. The van der Waals surface area contributed by atoms with Gasteiger partial charge in [-0.3, -0.25) is 14.6 Å². The lowest BCUT2D eigenvalue weighted by Crippen LogP contribution is -2.40. The fraction of sp³-hybridized carbons (Fsp3) is 0.609. The molecule has 0 bridgehead atoms. The first kappa shape index (κ1) is 19.9. The molecule has 1 aromatic rings. The second-order valence-electron chi connectivity index (χ2n) is 8.10. The van der Waals surface area contributed by atoms with Crippen LogP contribution in [0.25, 0.3) is 0 Å². The van der Waals surface area contributed by atoms with Gasteiger partial charge in [-0.05, 0) is 63.4 Å². The van der Waals surface area contributed by atoms with Crippen molar-refractivity contribution in [2.45, 2.75) is 58.2 Å². The normalized spacial score (nSPS) is 22.3. The summed E-state index contributed by atoms with van der Waals surface area (Å²) in [5.74, 6) is 2.99. The van der Waals surface area contributed by atoms with E-state index < -0.39 is 0 Å². The summed E-state index contributed by atoms with van der Waals surface area (Å²) >= 11 is 0. The molecule has 27 heavy (non-hydrogen) atoms. The highest BCUT2D eigenvalue weighted by Crippen LogP contribution is 2.20. The number of benzene rings is 1. The molecule has 2 aliphatic heterocycles. The van der Waals surface area contributed by atoms with E-state index in [4.69, 9.17) is 6.42 Å². The van der Waals surface area contributed by atoms with Gasteiger partial charge in [-0.15, -0.1) is 6.42 Å². The van der Waals surface area contributed by atoms with Gasteiger partial charge in [-0.1, -0.05) is 36.6 Å². The van der Waals surface area contributed by atoms with Gasteiger partial charge in [0.1, 0.15) is 0 Å². The molecule has 1 amide bonds. The first-order valence-electron chi connectivity index (χ1n) is 10.4. The van der Waals surface area contributed by atoms with Crippen LogP contribution in [-0.4, -0.2) is 47.9 Å². The number of carbonyl (C=O) groups excluding carboxylic acids is 1. The van der Waals surface area contributed by atoms with Crippen LogP contribution in [0, 0.1) is 18.3 Å². The Morgan fingerprint density at radius 3 is 2.48 bits per heavy atom. The van der Waals surface area contributed by atoms with Crippen LogP contribution in [0.5, 0.6) is 0 Å². The molecule has 2 fully saturated rings. The molecule has 4 nitrogen and oxygen atoms in total. The zero-order valence-electron chi connectivity index (χ0n) is 16.6. The highest BCUT2D eigenvalue weighted by atomic mass is 16.1. The quantitative estimate of drug-likeness (QED) is 0.785. The molecular formula is C23H33N3O. The molecule has 0 spiro atoms. The van der Waals surface area contributed by atoms with Gasteiger partial charge in [0.05, 0.1) is 6.54 Å². The van der Waals surface area contributed by atoms with Gasteiger partial charge in [0.25, 0.3) is 0 Å². The topological polar surface area (TPSA) is 35.6 Å². The average Bonchev–Trinajstić information content (AvgIpc) is 2.70. The fourth-order valence-corrected chi connectivity index (χ4v) is 4.21. The number of likely N-dealkylation sites (tertiary alicyclic amines) is 2. The Kier molecular flexibility index (Phi) is 7.32. The maximum absolute atomic E-state index is 12.4. The Bertz CT molecular complexity index is 641. The van der Waals surface area contributed by atoms with Gasteiger partial charge in [0.15, 0.2) is 0 Å². The van der Waals surface area contributed by atoms with Crippen molar-refractivity contribution in [1.29, 1.82) is 0 Å². The lowest BCUT2D eigenvalue weighted by molar-refractivity contribution is -0.126. The standard InChI is InChI=1S/C23H33N3O/c1-3-13-25-15-11-22(12-16-25)23(27)24-17-20-7-9-21(10-8-20)18-26-14-5-4-6-19(26)2/h1,7-10,19,22H,4-6,11-18H2,2H3,(H,24,27). The van der Waals surface area contributed by atoms with Gasteiger partial charge >= 0.3 is 0 Å². The Morgan fingerprint density at radius 2 is 1.81 bits per heavy atom. The van der Waals surface area contributed by atoms with E-state index in [0.29, 0.717) is 19.1 Å². The highest BCUT2D eigenvalue weighted by Gasteiger charge is 2.24. The predicted molar refractivity (Wildman–Crippen MR) is 110 cm³/mol. The molecule has 146 valence electrons. The van der Waals surface area contributed by atoms with Crippen molar-refractivity contribution in [3.05, 3.63) is 35.4 Å². The summed E-state index contributed by atoms with van der Waals surface area (Å²) in [6, 6.07) is 9.41. The van der Waals surface area contributed by atoms with Crippen LogP contribution in [0.15, 0.2) is 24.3 Å². The van der Waals surface area contributed by atoms with E-state index in [1.807, 2.05) is 0 Å². The molecule has 1 unspecified atom stereocenters.